The zero-order valence-corrected chi connectivity index (χ0v) is 11.6. The van der Waals surface area contributed by atoms with Crippen molar-refractivity contribution in [1.29, 1.82) is 0 Å². The third-order valence-corrected chi connectivity index (χ3v) is 3.46. The summed E-state index contributed by atoms with van der Waals surface area (Å²) in [6.45, 7) is 0. The number of anilines is 1. The molecule has 20 heavy (non-hydrogen) atoms. The SMILES string of the molecule is CNc1cc(-c2ccccc2)nc2cc(F)cc(Cl)c12. The van der Waals surface area contributed by atoms with Gasteiger partial charge in [0.05, 0.1) is 16.2 Å². The Hall–Kier alpha value is -2.13. The molecule has 0 aliphatic heterocycles. The molecule has 0 spiro atoms. The second kappa shape index (κ2) is 5.10. The Balaban J connectivity index is 2.32. The fourth-order valence-electron chi connectivity index (χ4n) is 2.24. The Bertz CT molecular complexity index is 772. The number of nitrogens with one attached hydrogen (secondary N) is 1. The predicted octanol–water partition coefficient (Wildman–Crippen LogP) is 4.74. The summed E-state index contributed by atoms with van der Waals surface area (Å²) >= 11 is 6.12. The number of hydrogen-bond donors (Lipinski definition) is 1. The lowest BCUT2D eigenvalue weighted by atomic mass is 10.1. The zero-order chi connectivity index (χ0) is 14.1. The van der Waals surface area contributed by atoms with E-state index in [1.54, 1.807) is 0 Å². The van der Waals surface area contributed by atoms with Gasteiger partial charge in [0.2, 0.25) is 0 Å². The molecule has 1 aromatic heterocycles. The molecule has 1 heterocycles. The maximum Gasteiger partial charge on any atom is 0.126 e. The zero-order valence-electron chi connectivity index (χ0n) is 10.8. The number of pyridine rings is 1. The lowest BCUT2D eigenvalue weighted by Crippen LogP contribution is -1.95. The third kappa shape index (κ3) is 2.21. The van der Waals surface area contributed by atoms with E-state index in [9.17, 15) is 4.39 Å². The number of nitrogens with zero attached hydrogens (tertiary/aromatic N) is 1. The van der Waals surface area contributed by atoms with Crippen LogP contribution in [-0.2, 0) is 0 Å². The van der Waals surface area contributed by atoms with Gasteiger partial charge >= 0.3 is 0 Å². The highest BCUT2D eigenvalue weighted by Gasteiger charge is 2.11. The summed E-state index contributed by atoms with van der Waals surface area (Å²) in [6, 6.07) is 14.4. The van der Waals surface area contributed by atoms with Crippen LogP contribution in [0.5, 0.6) is 0 Å². The van der Waals surface area contributed by atoms with E-state index >= 15 is 0 Å². The van der Waals surface area contributed by atoms with Gasteiger partial charge in [-0.15, -0.1) is 0 Å². The molecule has 0 aliphatic carbocycles. The molecule has 0 atom stereocenters. The molecule has 0 fully saturated rings. The van der Waals surface area contributed by atoms with Crippen molar-refractivity contribution in [3.63, 3.8) is 0 Å². The van der Waals surface area contributed by atoms with Gasteiger partial charge < -0.3 is 5.32 Å². The smallest absolute Gasteiger partial charge is 0.126 e. The molecule has 0 bridgehead atoms. The van der Waals surface area contributed by atoms with Crippen molar-refractivity contribution in [2.45, 2.75) is 0 Å². The van der Waals surface area contributed by atoms with Crippen LogP contribution in [0.2, 0.25) is 5.02 Å². The van der Waals surface area contributed by atoms with Gasteiger partial charge in [0.15, 0.2) is 0 Å². The van der Waals surface area contributed by atoms with E-state index in [0.29, 0.717) is 10.5 Å². The summed E-state index contributed by atoms with van der Waals surface area (Å²) in [5, 5.41) is 4.18. The standard InChI is InChI=1S/C16H12ClFN2/c1-19-14-9-13(10-5-3-2-4-6-10)20-15-8-11(18)7-12(17)16(14)15/h2-9H,1H3,(H,19,20). The van der Waals surface area contributed by atoms with Crippen LogP contribution in [0.1, 0.15) is 0 Å². The lowest BCUT2D eigenvalue weighted by molar-refractivity contribution is 0.629. The quantitative estimate of drug-likeness (QED) is 0.736. The Morgan fingerprint density at radius 2 is 1.85 bits per heavy atom. The van der Waals surface area contributed by atoms with Crippen molar-refractivity contribution in [3.8, 4) is 11.3 Å². The van der Waals surface area contributed by atoms with Gasteiger partial charge in [-0.1, -0.05) is 41.9 Å². The van der Waals surface area contributed by atoms with Gasteiger partial charge in [-0.3, -0.25) is 0 Å². The van der Waals surface area contributed by atoms with E-state index < -0.39 is 0 Å². The van der Waals surface area contributed by atoms with Crippen LogP contribution in [0, 0.1) is 5.82 Å². The first-order chi connectivity index (χ1) is 9.69. The van der Waals surface area contributed by atoms with Gasteiger partial charge in [0, 0.05) is 29.8 Å². The molecular weight excluding hydrogens is 275 g/mol. The molecule has 0 amide bonds. The van der Waals surface area contributed by atoms with Gasteiger partial charge in [0.25, 0.3) is 0 Å². The monoisotopic (exact) mass is 286 g/mol. The normalized spacial score (nSPS) is 10.8. The van der Waals surface area contributed by atoms with Crippen LogP contribution in [0.3, 0.4) is 0 Å². The van der Waals surface area contributed by atoms with Crippen LogP contribution in [0.25, 0.3) is 22.2 Å². The molecule has 2 nitrogen and oxygen atoms in total. The molecule has 0 saturated heterocycles. The summed E-state index contributed by atoms with van der Waals surface area (Å²) in [7, 11) is 1.81. The van der Waals surface area contributed by atoms with E-state index in [1.807, 2.05) is 43.4 Å². The maximum atomic E-state index is 13.5. The van der Waals surface area contributed by atoms with Gasteiger partial charge in [0.1, 0.15) is 5.82 Å². The fraction of sp³-hybridized carbons (Fsp3) is 0.0625. The summed E-state index contributed by atoms with van der Waals surface area (Å²) in [4.78, 5) is 4.51. The first-order valence-electron chi connectivity index (χ1n) is 6.22. The van der Waals surface area contributed by atoms with Crippen LogP contribution in [0.4, 0.5) is 10.1 Å². The van der Waals surface area contributed by atoms with Gasteiger partial charge in [-0.2, -0.15) is 0 Å². The number of aromatic nitrogens is 1. The number of rotatable bonds is 2. The largest absolute Gasteiger partial charge is 0.387 e. The average molecular weight is 287 g/mol. The van der Waals surface area contributed by atoms with Crippen LogP contribution < -0.4 is 5.32 Å². The molecule has 0 unspecified atom stereocenters. The second-order valence-corrected chi connectivity index (χ2v) is 4.86. The molecule has 100 valence electrons. The van der Waals surface area contributed by atoms with Gasteiger partial charge in [-0.25, -0.2) is 9.37 Å². The van der Waals surface area contributed by atoms with Crippen molar-refractivity contribution < 1.29 is 4.39 Å². The molecule has 3 rings (SSSR count). The van der Waals surface area contributed by atoms with E-state index in [4.69, 9.17) is 11.6 Å². The van der Waals surface area contributed by atoms with E-state index in [2.05, 4.69) is 10.3 Å². The van der Waals surface area contributed by atoms with Crippen molar-refractivity contribution in [3.05, 3.63) is 59.4 Å². The first-order valence-corrected chi connectivity index (χ1v) is 6.60. The molecule has 0 saturated carbocycles. The Morgan fingerprint density at radius 1 is 1.10 bits per heavy atom. The maximum absolute atomic E-state index is 13.5. The number of benzene rings is 2. The highest BCUT2D eigenvalue weighted by molar-refractivity contribution is 6.36. The van der Waals surface area contributed by atoms with E-state index in [1.165, 1.54) is 12.1 Å². The number of fused-ring (bicyclic) bond motifs is 1. The molecule has 3 aromatic rings. The van der Waals surface area contributed by atoms with Crippen molar-refractivity contribution in [2.75, 3.05) is 12.4 Å². The molecule has 4 heteroatoms. The van der Waals surface area contributed by atoms with E-state index in [-0.39, 0.29) is 5.82 Å². The van der Waals surface area contributed by atoms with Crippen molar-refractivity contribution in [1.82, 2.24) is 4.98 Å². The molecule has 1 N–H and O–H groups in total. The Kier molecular flexibility index (Phi) is 3.28. The summed E-state index contributed by atoms with van der Waals surface area (Å²) in [5.74, 6) is -0.387. The number of hydrogen-bond acceptors (Lipinski definition) is 2. The van der Waals surface area contributed by atoms with E-state index in [0.717, 1.165) is 22.3 Å². The molecule has 0 aliphatic rings. The Labute approximate surface area is 121 Å². The third-order valence-electron chi connectivity index (χ3n) is 3.16. The minimum atomic E-state index is -0.387. The molecule has 0 radical (unpaired) electrons. The molecular formula is C16H12ClFN2. The van der Waals surface area contributed by atoms with Crippen LogP contribution in [-0.4, -0.2) is 12.0 Å². The highest BCUT2D eigenvalue weighted by Crippen LogP contribution is 2.33. The number of halogens is 2. The predicted molar refractivity (Wildman–Crippen MR) is 81.7 cm³/mol. The first kappa shape index (κ1) is 12.9. The second-order valence-electron chi connectivity index (χ2n) is 4.45. The van der Waals surface area contributed by atoms with Crippen molar-refractivity contribution in [2.24, 2.45) is 0 Å². The molecule has 2 aromatic carbocycles. The average Bonchev–Trinajstić information content (AvgIpc) is 2.46. The highest BCUT2D eigenvalue weighted by atomic mass is 35.5. The summed E-state index contributed by atoms with van der Waals surface area (Å²) in [5.41, 5.74) is 3.13. The van der Waals surface area contributed by atoms with Crippen molar-refractivity contribution >= 4 is 28.2 Å². The minimum absolute atomic E-state index is 0.358. The Morgan fingerprint density at radius 3 is 2.55 bits per heavy atom. The van der Waals surface area contributed by atoms with Crippen LogP contribution >= 0.6 is 11.6 Å². The fourth-order valence-corrected chi connectivity index (χ4v) is 2.54. The summed E-state index contributed by atoms with van der Waals surface area (Å²) < 4.78 is 13.5. The van der Waals surface area contributed by atoms with Gasteiger partial charge in [-0.05, 0) is 12.1 Å². The minimum Gasteiger partial charge on any atom is -0.387 e. The lowest BCUT2D eigenvalue weighted by Gasteiger charge is -2.11. The topological polar surface area (TPSA) is 24.9 Å². The van der Waals surface area contributed by atoms with Crippen LogP contribution in [0.15, 0.2) is 48.5 Å². The summed E-state index contributed by atoms with van der Waals surface area (Å²) in [6.07, 6.45) is 0.